The monoisotopic (exact) mass is 418 g/mol. The molecule has 0 bridgehead atoms. The van der Waals surface area contributed by atoms with Crippen molar-refractivity contribution < 1.29 is 24.2 Å². The minimum atomic E-state index is -1.20. The quantitative estimate of drug-likeness (QED) is 0.618. The van der Waals surface area contributed by atoms with Crippen molar-refractivity contribution >= 4 is 29.4 Å². The van der Waals surface area contributed by atoms with Crippen LogP contribution in [0.3, 0.4) is 0 Å². The summed E-state index contributed by atoms with van der Waals surface area (Å²) in [6.07, 6.45) is -1.17. The number of benzene rings is 2. The first kappa shape index (κ1) is 22.4. The van der Waals surface area contributed by atoms with E-state index in [0.717, 1.165) is 5.56 Å². The van der Waals surface area contributed by atoms with Crippen molar-refractivity contribution in [2.75, 3.05) is 20.2 Å². The molecular formula is C21H23ClN2O5. The summed E-state index contributed by atoms with van der Waals surface area (Å²) in [5.41, 5.74) is 1.38. The molecule has 0 aliphatic heterocycles. The lowest BCUT2D eigenvalue weighted by Gasteiger charge is -2.19. The van der Waals surface area contributed by atoms with Gasteiger partial charge < -0.3 is 20.1 Å². The number of halogens is 1. The van der Waals surface area contributed by atoms with Crippen LogP contribution in [0.1, 0.15) is 22.3 Å². The fraction of sp³-hybridized carbons (Fsp3) is 0.286. The van der Waals surface area contributed by atoms with Crippen LogP contribution >= 0.6 is 11.6 Å². The van der Waals surface area contributed by atoms with Gasteiger partial charge in [0.2, 0.25) is 5.91 Å². The number of likely N-dealkylation sites (N-methyl/N-ethyl adjacent to an activating group) is 1. The third-order valence-electron chi connectivity index (χ3n) is 4.17. The van der Waals surface area contributed by atoms with Crippen molar-refractivity contribution in [3.05, 3.63) is 70.7 Å². The zero-order chi connectivity index (χ0) is 21.2. The second kappa shape index (κ2) is 11.2. The number of rotatable bonds is 10. The molecule has 2 amide bonds. The van der Waals surface area contributed by atoms with E-state index in [1.54, 1.807) is 31.3 Å². The molecule has 0 saturated heterocycles. The molecule has 2 rings (SSSR count). The highest BCUT2D eigenvalue weighted by molar-refractivity contribution is 6.30. The topological polar surface area (TPSA) is 95.9 Å². The van der Waals surface area contributed by atoms with Crippen LogP contribution in [0.4, 0.5) is 0 Å². The van der Waals surface area contributed by atoms with Crippen LogP contribution < -0.4 is 5.32 Å². The minimum Gasteiger partial charge on any atom is -0.479 e. The average Bonchev–Trinajstić information content (AvgIpc) is 2.71. The highest BCUT2D eigenvalue weighted by Gasteiger charge is 2.21. The molecule has 154 valence electrons. The minimum absolute atomic E-state index is 0.0321. The number of nitrogens with one attached hydrogen (secondary N) is 1. The van der Waals surface area contributed by atoms with Gasteiger partial charge in [0, 0.05) is 37.1 Å². The lowest BCUT2D eigenvalue weighted by atomic mass is 10.2. The molecule has 0 aromatic heterocycles. The molecule has 0 fully saturated rings. The number of carboxylic acid groups (broad SMARTS) is 1. The molecule has 1 unspecified atom stereocenters. The summed E-state index contributed by atoms with van der Waals surface area (Å²) in [7, 11) is 1.63. The van der Waals surface area contributed by atoms with Gasteiger partial charge in [-0.1, -0.05) is 41.9 Å². The third-order valence-corrected chi connectivity index (χ3v) is 4.42. The van der Waals surface area contributed by atoms with Crippen LogP contribution in [0, 0.1) is 0 Å². The fourth-order valence-corrected chi connectivity index (χ4v) is 2.65. The van der Waals surface area contributed by atoms with E-state index in [2.05, 4.69) is 5.32 Å². The van der Waals surface area contributed by atoms with Crippen LogP contribution in [-0.2, 0) is 20.9 Å². The maximum Gasteiger partial charge on any atom is 0.332 e. The number of aliphatic carboxylic acids is 1. The summed E-state index contributed by atoms with van der Waals surface area (Å²) in [6, 6.07) is 15.8. The van der Waals surface area contributed by atoms with Gasteiger partial charge in [0.1, 0.15) is 6.61 Å². The molecule has 2 aromatic rings. The van der Waals surface area contributed by atoms with Crippen LogP contribution in [0.25, 0.3) is 0 Å². The Bertz CT molecular complexity index is 827. The predicted octanol–water partition coefficient (Wildman–Crippen LogP) is 2.59. The fourth-order valence-electron chi connectivity index (χ4n) is 2.53. The summed E-state index contributed by atoms with van der Waals surface area (Å²) in [6.45, 7) is 0.135. The van der Waals surface area contributed by atoms with E-state index < -0.39 is 12.1 Å². The SMILES string of the molecule is CN(Cc1ccccc1)C(=O)COC(CCNC(=O)c1ccc(Cl)cc1)C(=O)O. The molecule has 0 spiro atoms. The number of hydrogen-bond acceptors (Lipinski definition) is 4. The van der Waals surface area contributed by atoms with Crippen molar-refractivity contribution in [2.24, 2.45) is 0 Å². The van der Waals surface area contributed by atoms with E-state index in [0.29, 0.717) is 17.1 Å². The van der Waals surface area contributed by atoms with Gasteiger partial charge in [0.15, 0.2) is 6.10 Å². The number of amides is 2. The summed E-state index contributed by atoms with van der Waals surface area (Å²) >= 11 is 5.78. The molecule has 2 N–H and O–H groups in total. The van der Waals surface area contributed by atoms with Crippen LogP contribution in [0.15, 0.2) is 54.6 Å². The van der Waals surface area contributed by atoms with E-state index in [9.17, 15) is 19.5 Å². The normalized spacial score (nSPS) is 11.5. The van der Waals surface area contributed by atoms with Gasteiger partial charge in [0.05, 0.1) is 0 Å². The first-order valence-corrected chi connectivity index (χ1v) is 9.40. The zero-order valence-corrected chi connectivity index (χ0v) is 16.8. The number of hydrogen-bond donors (Lipinski definition) is 2. The molecule has 0 heterocycles. The number of ether oxygens (including phenoxy) is 1. The summed E-state index contributed by atoms with van der Waals surface area (Å²) in [5.74, 6) is -1.86. The first-order chi connectivity index (χ1) is 13.9. The maximum absolute atomic E-state index is 12.2. The highest BCUT2D eigenvalue weighted by atomic mass is 35.5. The molecule has 0 saturated carbocycles. The number of carboxylic acids is 1. The average molecular weight is 419 g/mol. The maximum atomic E-state index is 12.2. The molecule has 29 heavy (non-hydrogen) atoms. The molecular weight excluding hydrogens is 396 g/mol. The van der Waals surface area contributed by atoms with Crippen molar-refractivity contribution in [3.8, 4) is 0 Å². The van der Waals surface area contributed by atoms with E-state index >= 15 is 0 Å². The Hall–Kier alpha value is -2.90. The van der Waals surface area contributed by atoms with Gasteiger partial charge in [0.25, 0.3) is 5.91 Å². The van der Waals surface area contributed by atoms with E-state index in [1.807, 2.05) is 30.3 Å². The summed E-state index contributed by atoms with van der Waals surface area (Å²) in [4.78, 5) is 37.1. The smallest absolute Gasteiger partial charge is 0.332 e. The van der Waals surface area contributed by atoms with Gasteiger partial charge in [-0.15, -0.1) is 0 Å². The third kappa shape index (κ3) is 7.56. The molecule has 1 atom stereocenters. The Labute approximate surface area is 174 Å². The van der Waals surface area contributed by atoms with Gasteiger partial charge >= 0.3 is 5.97 Å². The Morgan fingerprint density at radius 2 is 1.76 bits per heavy atom. The Morgan fingerprint density at radius 3 is 2.38 bits per heavy atom. The Kier molecular flexibility index (Phi) is 8.64. The van der Waals surface area contributed by atoms with Crippen molar-refractivity contribution in [1.29, 1.82) is 0 Å². The molecule has 0 aliphatic carbocycles. The lowest BCUT2D eigenvalue weighted by Crippen LogP contribution is -2.36. The zero-order valence-electron chi connectivity index (χ0n) is 16.0. The Balaban J connectivity index is 1.77. The van der Waals surface area contributed by atoms with E-state index in [-0.39, 0.29) is 31.4 Å². The van der Waals surface area contributed by atoms with Crippen LogP contribution in [-0.4, -0.2) is 54.1 Å². The van der Waals surface area contributed by atoms with Crippen molar-refractivity contribution in [3.63, 3.8) is 0 Å². The summed E-state index contributed by atoms with van der Waals surface area (Å²) in [5, 5.41) is 12.4. The van der Waals surface area contributed by atoms with Gasteiger partial charge in [-0.3, -0.25) is 9.59 Å². The second-order valence-electron chi connectivity index (χ2n) is 6.42. The van der Waals surface area contributed by atoms with Crippen molar-refractivity contribution in [1.82, 2.24) is 10.2 Å². The number of nitrogens with zero attached hydrogens (tertiary/aromatic N) is 1. The molecule has 0 radical (unpaired) electrons. The largest absolute Gasteiger partial charge is 0.479 e. The molecule has 8 heteroatoms. The Morgan fingerprint density at radius 1 is 1.10 bits per heavy atom. The van der Waals surface area contributed by atoms with Crippen LogP contribution in [0.5, 0.6) is 0 Å². The molecule has 0 aliphatic rings. The van der Waals surface area contributed by atoms with E-state index in [4.69, 9.17) is 16.3 Å². The number of carbonyl (C=O) groups is 3. The van der Waals surface area contributed by atoms with Gasteiger partial charge in [-0.2, -0.15) is 0 Å². The standard InChI is InChI=1S/C21H23ClN2O5/c1-24(13-15-5-3-2-4-6-15)19(25)14-29-18(21(27)28)11-12-23-20(26)16-7-9-17(22)10-8-16/h2-10,18H,11-14H2,1H3,(H,23,26)(H,27,28). The molecule has 2 aromatic carbocycles. The second-order valence-corrected chi connectivity index (χ2v) is 6.86. The van der Waals surface area contributed by atoms with E-state index in [1.165, 1.54) is 4.90 Å². The predicted molar refractivity (Wildman–Crippen MR) is 109 cm³/mol. The first-order valence-electron chi connectivity index (χ1n) is 9.03. The van der Waals surface area contributed by atoms with Gasteiger partial charge in [-0.05, 0) is 29.8 Å². The van der Waals surface area contributed by atoms with Crippen LogP contribution in [0.2, 0.25) is 5.02 Å². The molecule has 7 nitrogen and oxygen atoms in total. The van der Waals surface area contributed by atoms with Gasteiger partial charge in [-0.25, -0.2) is 4.79 Å². The number of carbonyl (C=O) groups excluding carboxylic acids is 2. The highest BCUT2D eigenvalue weighted by Crippen LogP contribution is 2.09. The lowest BCUT2D eigenvalue weighted by molar-refractivity contribution is -0.154. The summed E-state index contributed by atoms with van der Waals surface area (Å²) < 4.78 is 5.27. The van der Waals surface area contributed by atoms with Crippen molar-refractivity contribution in [2.45, 2.75) is 19.1 Å².